The zero-order chi connectivity index (χ0) is 15.4. The van der Waals surface area contributed by atoms with Crippen molar-refractivity contribution >= 4 is 33.7 Å². The normalized spacial score (nSPS) is 10.7. The fourth-order valence-corrected chi connectivity index (χ4v) is 2.86. The van der Waals surface area contributed by atoms with Gasteiger partial charge in [0.25, 0.3) is 5.91 Å². The molecule has 0 aromatic carbocycles. The molecule has 0 bridgehead atoms. The Balaban J connectivity index is 3.19. The van der Waals surface area contributed by atoms with Crippen LogP contribution in [-0.2, 0) is 0 Å². The predicted molar refractivity (Wildman–Crippen MR) is 84.0 cm³/mol. The number of rotatable bonds is 6. The van der Waals surface area contributed by atoms with Gasteiger partial charge in [-0.15, -0.1) is 11.3 Å². The Kier molecular flexibility index (Phi) is 5.52. The van der Waals surface area contributed by atoms with Crippen molar-refractivity contribution in [3.8, 4) is 0 Å². The highest BCUT2D eigenvalue weighted by Crippen LogP contribution is 2.38. The lowest BCUT2D eigenvalue weighted by molar-refractivity contribution is 0.0964. The molecule has 0 aliphatic heterocycles. The van der Waals surface area contributed by atoms with E-state index in [4.69, 9.17) is 5.73 Å². The van der Waals surface area contributed by atoms with Crippen molar-refractivity contribution in [2.24, 2.45) is 0 Å². The van der Waals surface area contributed by atoms with Gasteiger partial charge < -0.3 is 20.9 Å². The second-order valence-corrected chi connectivity index (χ2v) is 5.88. The topological polar surface area (TPSA) is 78.7 Å². The number of nitrogen functional groups attached to an aromatic ring is 1. The average Bonchev–Trinajstić information content (AvgIpc) is 2.72. The summed E-state index contributed by atoms with van der Waals surface area (Å²) >= 11 is 1.27. The summed E-state index contributed by atoms with van der Waals surface area (Å²) in [7, 11) is 7.41. The molecule has 1 rings (SSSR count). The highest BCUT2D eigenvalue weighted by molar-refractivity contribution is 7.19. The van der Waals surface area contributed by atoms with Crippen molar-refractivity contribution in [3.05, 3.63) is 10.4 Å². The van der Waals surface area contributed by atoms with Crippen LogP contribution in [0.15, 0.2) is 0 Å². The van der Waals surface area contributed by atoms with Crippen molar-refractivity contribution in [1.82, 2.24) is 10.2 Å². The molecule has 0 atom stereocenters. The summed E-state index contributed by atoms with van der Waals surface area (Å²) in [6.45, 7) is 3.05. The minimum atomic E-state index is -0.266. The second-order valence-electron chi connectivity index (χ2n) is 4.89. The summed E-state index contributed by atoms with van der Waals surface area (Å²) in [6, 6.07) is 0. The third kappa shape index (κ3) is 3.49. The van der Waals surface area contributed by atoms with E-state index in [1.165, 1.54) is 18.3 Å². The van der Waals surface area contributed by atoms with E-state index in [-0.39, 0.29) is 17.4 Å². The number of anilines is 2. The van der Waals surface area contributed by atoms with E-state index in [9.17, 15) is 9.59 Å². The molecule has 1 aromatic rings. The predicted octanol–water partition coefficient (Wildman–Crippen LogP) is 0.890. The highest BCUT2D eigenvalue weighted by atomic mass is 32.1. The first-order valence-corrected chi connectivity index (χ1v) is 7.12. The number of likely N-dealkylation sites (N-methyl/N-ethyl adjacent to an activating group) is 2. The molecule has 1 aromatic heterocycles. The number of hydrogen-bond acceptors (Lipinski definition) is 6. The van der Waals surface area contributed by atoms with Gasteiger partial charge in [0.05, 0.1) is 16.1 Å². The molecular formula is C13H22N4O2S. The van der Waals surface area contributed by atoms with Gasteiger partial charge >= 0.3 is 0 Å². The fraction of sp³-hybridized carbons (Fsp3) is 0.538. The third-order valence-corrected chi connectivity index (χ3v) is 4.35. The molecule has 0 fully saturated rings. The smallest absolute Gasteiger partial charge is 0.256 e. The maximum atomic E-state index is 12.0. The molecule has 0 radical (unpaired) electrons. The molecule has 1 heterocycles. The number of thiophene rings is 1. The Labute approximate surface area is 123 Å². The Morgan fingerprint density at radius 3 is 2.30 bits per heavy atom. The van der Waals surface area contributed by atoms with Crippen molar-refractivity contribution in [3.63, 3.8) is 0 Å². The summed E-state index contributed by atoms with van der Waals surface area (Å²) in [5, 5.41) is 3.30. The summed E-state index contributed by atoms with van der Waals surface area (Å²) in [5.74, 6) is -0.386. The van der Waals surface area contributed by atoms with Gasteiger partial charge in [-0.1, -0.05) is 0 Å². The van der Waals surface area contributed by atoms with Crippen LogP contribution in [0.1, 0.15) is 27.0 Å². The minimum absolute atomic E-state index is 0.120. The Morgan fingerprint density at radius 1 is 1.25 bits per heavy atom. The zero-order valence-corrected chi connectivity index (χ0v) is 13.4. The number of ketones is 1. The molecule has 0 unspecified atom stereocenters. The van der Waals surface area contributed by atoms with E-state index in [1.54, 1.807) is 7.05 Å². The van der Waals surface area contributed by atoms with Gasteiger partial charge in [0.1, 0.15) is 5.00 Å². The lowest BCUT2D eigenvalue weighted by Gasteiger charge is -2.21. The molecule has 0 aliphatic rings. The standard InChI is InChI=1S/C13H22N4O2S/c1-8(18)11-10(14)9(12(19)15-2)13(20-11)17(5)7-6-16(3)4/h6-7,14H2,1-5H3,(H,15,19). The number of nitrogens with zero attached hydrogens (tertiary/aromatic N) is 2. The lowest BCUT2D eigenvalue weighted by Crippen LogP contribution is -2.30. The Bertz CT molecular complexity index is 511. The van der Waals surface area contributed by atoms with Crippen molar-refractivity contribution < 1.29 is 9.59 Å². The Hall–Kier alpha value is -1.60. The van der Waals surface area contributed by atoms with Crippen molar-refractivity contribution in [2.45, 2.75) is 6.92 Å². The molecule has 6 nitrogen and oxygen atoms in total. The fourth-order valence-electron chi connectivity index (χ4n) is 1.76. The van der Waals surface area contributed by atoms with Crippen LogP contribution in [0, 0.1) is 0 Å². The van der Waals surface area contributed by atoms with E-state index in [1.807, 2.05) is 26.0 Å². The third-order valence-electron chi connectivity index (χ3n) is 2.93. The van der Waals surface area contributed by atoms with Crippen LogP contribution >= 0.6 is 11.3 Å². The quantitative estimate of drug-likeness (QED) is 0.763. The molecule has 1 amide bonds. The Morgan fingerprint density at radius 2 is 1.85 bits per heavy atom. The molecule has 0 spiro atoms. The highest BCUT2D eigenvalue weighted by Gasteiger charge is 2.25. The van der Waals surface area contributed by atoms with Gasteiger partial charge in [-0.05, 0) is 14.1 Å². The van der Waals surface area contributed by atoms with Crippen LogP contribution in [0.25, 0.3) is 0 Å². The first-order chi connectivity index (χ1) is 9.29. The molecule has 7 heteroatoms. The van der Waals surface area contributed by atoms with E-state index >= 15 is 0 Å². The van der Waals surface area contributed by atoms with E-state index in [0.29, 0.717) is 10.4 Å². The first kappa shape index (κ1) is 16.5. The molecule has 112 valence electrons. The molecule has 3 N–H and O–H groups in total. The van der Waals surface area contributed by atoms with Gasteiger partial charge in [-0.25, -0.2) is 0 Å². The SMILES string of the molecule is CNC(=O)c1c(N(C)CCN(C)C)sc(C(C)=O)c1N. The van der Waals surface area contributed by atoms with Gasteiger partial charge in [0.2, 0.25) is 0 Å². The van der Waals surface area contributed by atoms with Crippen LogP contribution in [0.4, 0.5) is 10.7 Å². The average molecular weight is 298 g/mol. The van der Waals surface area contributed by atoms with Crippen LogP contribution in [0.5, 0.6) is 0 Å². The summed E-state index contributed by atoms with van der Waals surface area (Å²) in [6.07, 6.45) is 0. The van der Waals surface area contributed by atoms with Gasteiger partial charge in [0, 0.05) is 34.1 Å². The number of hydrogen-bond donors (Lipinski definition) is 2. The summed E-state index contributed by atoms with van der Waals surface area (Å²) in [5.41, 5.74) is 6.63. The van der Waals surface area contributed by atoms with Crippen LogP contribution in [0.2, 0.25) is 0 Å². The van der Waals surface area contributed by atoms with Crippen molar-refractivity contribution in [1.29, 1.82) is 0 Å². The first-order valence-electron chi connectivity index (χ1n) is 6.30. The monoisotopic (exact) mass is 298 g/mol. The molecule has 0 saturated heterocycles. The summed E-state index contributed by atoms with van der Waals surface area (Å²) in [4.78, 5) is 28.1. The van der Waals surface area contributed by atoms with Crippen LogP contribution < -0.4 is 16.0 Å². The number of amides is 1. The maximum absolute atomic E-state index is 12.0. The molecule has 20 heavy (non-hydrogen) atoms. The number of carbonyl (C=O) groups is 2. The van der Waals surface area contributed by atoms with E-state index < -0.39 is 0 Å². The van der Waals surface area contributed by atoms with Crippen molar-refractivity contribution in [2.75, 3.05) is 51.9 Å². The lowest BCUT2D eigenvalue weighted by atomic mass is 10.2. The number of nitrogens with one attached hydrogen (secondary N) is 1. The zero-order valence-electron chi connectivity index (χ0n) is 12.6. The van der Waals surface area contributed by atoms with Gasteiger partial charge in [-0.3, -0.25) is 9.59 Å². The number of carbonyl (C=O) groups excluding carboxylic acids is 2. The van der Waals surface area contributed by atoms with Gasteiger partial charge in [0.15, 0.2) is 5.78 Å². The van der Waals surface area contributed by atoms with Crippen LogP contribution in [0.3, 0.4) is 0 Å². The largest absolute Gasteiger partial charge is 0.397 e. The molecule has 0 saturated carbocycles. The summed E-state index contributed by atoms with van der Waals surface area (Å²) < 4.78 is 0. The maximum Gasteiger partial charge on any atom is 0.256 e. The van der Waals surface area contributed by atoms with E-state index in [0.717, 1.165) is 18.1 Å². The molecular weight excluding hydrogens is 276 g/mol. The van der Waals surface area contributed by atoms with Gasteiger partial charge in [-0.2, -0.15) is 0 Å². The van der Waals surface area contributed by atoms with E-state index in [2.05, 4.69) is 10.2 Å². The molecule has 0 aliphatic carbocycles. The minimum Gasteiger partial charge on any atom is -0.397 e. The number of nitrogens with two attached hydrogens (primary N) is 1. The second kappa shape index (κ2) is 6.71. The number of Topliss-reactive ketones (excluding diaryl/α,β-unsaturated/α-hetero) is 1. The van der Waals surface area contributed by atoms with Crippen LogP contribution in [-0.4, -0.2) is 57.9 Å².